The van der Waals surface area contributed by atoms with Crippen LogP contribution in [0.3, 0.4) is 0 Å². The van der Waals surface area contributed by atoms with Crippen molar-refractivity contribution in [2.24, 2.45) is 0 Å². The molecule has 1 aromatic rings. The molecular weight excluding hydrogens is 360 g/mol. The number of benzene rings is 1. The van der Waals surface area contributed by atoms with Crippen LogP contribution >= 0.6 is 0 Å². The summed E-state index contributed by atoms with van der Waals surface area (Å²) in [6, 6.07) is 3.51. The number of carbonyl (C=O) groups excluding carboxylic acids is 2. The molecule has 154 valence electrons. The fraction of sp³-hybridized carbons (Fsp3) is 0.600. The van der Waals surface area contributed by atoms with Gasteiger partial charge in [0.2, 0.25) is 0 Å². The van der Waals surface area contributed by atoms with E-state index in [1.165, 1.54) is 0 Å². The molecule has 0 aromatic heterocycles. The number of nitrogens with one attached hydrogen (secondary N) is 3. The number of nitrogens with zero attached hydrogens (tertiary/aromatic N) is 1. The molecule has 0 saturated carbocycles. The van der Waals surface area contributed by atoms with Crippen molar-refractivity contribution in [2.75, 3.05) is 43.9 Å². The van der Waals surface area contributed by atoms with Gasteiger partial charge in [0.25, 0.3) is 5.91 Å². The van der Waals surface area contributed by atoms with E-state index in [1.807, 2.05) is 33.9 Å². The number of amides is 2. The van der Waals surface area contributed by atoms with Crippen LogP contribution in [-0.2, 0) is 4.74 Å². The molecule has 8 nitrogen and oxygen atoms in total. The molecule has 1 fully saturated rings. The molecule has 0 bridgehead atoms. The van der Waals surface area contributed by atoms with Crippen molar-refractivity contribution in [1.29, 1.82) is 0 Å². The third-order valence-electron chi connectivity index (χ3n) is 4.71. The van der Waals surface area contributed by atoms with Crippen LogP contribution in [0.2, 0.25) is 0 Å². The summed E-state index contributed by atoms with van der Waals surface area (Å²) in [5.41, 5.74) is 1.74. The van der Waals surface area contributed by atoms with Gasteiger partial charge in [-0.25, -0.2) is 4.79 Å². The van der Waals surface area contributed by atoms with Crippen LogP contribution in [0.5, 0.6) is 5.75 Å². The molecule has 28 heavy (non-hydrogen) atoms. The van der Waals surface area contributed by atoms with Gasteiger partial charge in [0, 0.05) is 38.3 Å². The summed E-state index contributed by atoms with van der Waals surface area (Å²) < 4.78 is 11.0. The number of alkyl carbamates (subject to hydrolysis) is 1. The Kier molecular flexibility index (Phi) is 5.86. The van der Waals surface area contributed by atoms with E-state index in [9.17, 15) is 9.59 Å². The van der Waals surface area contributed by atoms with E-state index in [0.29, 0.717) is 31.0 Å². The minimum atomic E-state index is -0.547. The lowest BCUT2D eigenvalue weighted by Gasteiger charge is -2.34. The minimum absolute atomic E-state index is 0.0656. The van der Waals surface area contributed by atoms with Crippen LogP contribution in [0.25, 0.3) is 0 Å². The lowest BCUT2D eigenvalue weighted by Crippen LogP contribution is -2.50. The first-order valence-corrected chi connectivity index (χ1v) is 9.78. The van der Waals surface area contributed by atoms with Gasteiger partial charge in [-0.15, -0.1) is 0 Å². The Morgan fingerprint density at radius 3 is 2.82 bits per heavy atom. The summed E-state index contributed by atoms with van der Waals surface area (Å²) >= 11 is 0. The number of hydrogen-bond donors (Lipinski definition) is 3. The average molecular weight is 390 g/mol. The molecular formula is C20H30N4O4. The average Bonchev–Trinajstić information content (AvgIpc) is 2.65. The van der Waals surface area contributed by atoms with E-state index in [4.69, 9.17) is 9.47 Å². The zero-order valence-electron chi connectivity index (χ0n) is 17.1. The first-order chi connectivity index (χ1) is 13.3. The predicted octanol–water partition coefficient (Wildman–Crippen LogP) is 2.66. The summed E-state index contributed by atoms with van der Waals surface area (Å²) in [6.45, 7) is 7.92. The van der Waals surface area contributed by atoms with E-state index in [-0.39, 0.29) is 11.9 Å². The molecule has 2 heterocycles. The van der Waals surface area contributed by atoms with Crippen LogP contribution in [-0.4, -0.2) is 61.8 Å². The number of ether oxygens (including phenoxy) is 2. The number of anilines is 2. The SMILES string of the molecule is CNc1cc(C(=O)N2CCC[C@@H](NC(=O)OC(C)(C)C)C2)cc2c1NCCO2. The molecule has 3 N–H and O–H groups in total. The Morgan fingerprint density at radius 2 is 2.11 bits per heavy atom. The quantitative estimate of drug-likeness (QED) is 0.735. The molecule has 2 aliphatic rings. The molecule has 2 aliphatic heterocycles. The normalized spacial score (nSPS) is 19.0. The number of piperidine rings is 1. The number of carbonyl (C=O) groups is 2. The highest BCUT2D eigenvalue weighted by atomic mass is 16.6. The summed E-state index contributed by atoms with van der Waals surface area (Å²) in [4.78, 5) is 26.9. The van der Waals surface area contributed by atoms with Crippen molar-refractivity contribution in [1.82, 2.24) is 10.2 Å². The third-order valence-corrected chi connectivity index (χ3v) is 4.71. The highest BCUT2D eigenvalue weighted by Crippen LogP contribution is 2.36. The van der Waals surface area contributed by atoms with Crippen molar-refractivity contribution in [2.45, 2.75) is 45.3 Å². The Morgan fingerprint density at radius 1 is 1.32 bits per heavy atom. The van der Waals surface area contributed by atoms with Gasteiger partial charge in [-0.1, -0.05) is 0 Å². The molecule has 3 rings (SSSR count). The van der Waals surface area contributed by atoms with E-state index >= 15 is 0 Å². The van der Waals surface area contributed by atoms with Crippen molar-refractivity contribution < 1.29 is 19.1 Å². The Labute approximate surface area is 165 Å². The molecule has 0 spiro atoms. The lowest BCUT2D eigenvalue weighted by atomic mass is 10.0. The Bertz CT molecular complexity index is 727. The first-order valence-electron chi connectivity index (χ1n) is 9.78. The number of likely N-dealkylation sites (tertiary alicyclic amines) is 1. The van der Waals surface area contributed by atoms with Gasteiger partial charge in [-0.3, -0.25) is 4.79 Å². The van der Waals surface area contributed by atoms with E-state index in [0.717, 1.165) is 30.8 Å². The van der Waals surface area contributed by atoms with Gasteiger partial charge >= 0.3 is 6.09 Å². The van der Waals surface area contributed by atoms with Gasteiger partial charge in [-0.2, -0.15) is 0 Å². The largest absolute Gasteiger partial charge is 0.489 e. The van der Waals surface area contributed by atoms with Crippen LogP contribution in [0, 0.1) is 0 Å². The summed E-state index contributed by atoms with van der Waals surface area (Å²) in [6.07, 6.45) is 1.20. The molecule has 0 radical (unpaired) electrons. The van der Waals surface area contributed by atoms with Crippen LogP contribution < -0.4 is 20.7 Å². The first kappa shape index (κ1) is 20.1. The summed E-state index contributed by atoms with van der Waals surface area (Å²) in [5, 5.41) is 9.31. The number of rotatable bonds is 3. The highest BCUT2D eigenvalue weighted by Gasteiger charge is 2.28. The lowest BCUT2D eigenvalue weighted by molar-refractivity contribution is 0.0452. The van der Waals surface area contributed by atoms with Gasteiger partial charge in [0.1, 0.15) is 23.6 Å². The fourth-order valence-corrected chi connectivity index (χ4v) is 3.51. The van der Waals surface area contributed by atoms with Gasteiger partial charge in [0.05, 0.1) is 5.69 Å². The second-order valence-electron chi connectivity index (χ2n) is 8.16. The van der Waals surface area contributed by atoms with Gasteiger partial charge in [0.15, 0.2) is 0 Å². The predicted molar refractivity (Wildman–Crippen MR) is 108 cm³/mol. The summed E-state index contributed by atoms with van der Waals surface area (Å²) in [5.74, 6) is 0.617. The smallest absolute Gasteiger partial charge is 0.407 e. The van der Waals surface area contributed by atoms with Crippen LogP contribution in [0.15, 0.2) is 12.1 Å². The van der Waals surface area contributed by atoms with Crippen molar-refractivity contribution in [3.05, 3.63) is 17.7 Å². The monoisotopic (exact) mass is 390 g/mol. The van der Waals surface area contributed by atoms with Crippen molar-refractivity contribution in [3.8, 4) is 5.75 Å². The fourth-order valence-electron chi connectivity index (χ4n) is 3.51. The third kappa shape index (κ3) is 4.79. The Balaban J connectivity index is 1.69. The van der Waals surface area contributed by atoms with Gasteiger partial charge < -0.3 is 30.3 Å². The molecule has 1 atom stereocenters. The van der Waals surface area contributed by atoms with Crippen LogP contribution in [0.1, 0.15) is 44.0 Å². The zero-order chi connectivity index (χ0) is 20.3. The maximum absolute atomic E-state index is 13.1. The van der Waals surface area contributed by atoms with Crippen molar-refractivity contribution in [3.63, 3.8) is 0 Å². The second-order valence-corrected chi connectivity index (χ2v) is 8.16. The molecule has 2 amide bonds. The van der Waals surface area contributed by atoms with E-state index < -0.39 is 11.7 Å². The zero-order valence-corrected chi connectivity index (χ0v) is 17.1. The number of fused-ring (bicyclic) bond motifs is 1. The molecule has 0 unspecified atom stereocenters. The van der Waals surface area contributed by atoms with Gasteiger partial charge in [-0.05, 0) is 45.7 Å². The van der Waals surface area contributed by atoms with Crippen molar-refractivity contribution >= 4 is 23.4 Å². The molecule has 8 heteroatoms. The standard InChI is InChI=1S/C20H30N4O4/c1-20(2,3)28-19(26)23-14-6-5-8-24(12-14)18(25)13-10-15(21-4)17-16(11-13)27-9-7-22-17/h10-11,14,21-22H,5-9,12H2,1-4H3,(H,23,26)/t14-/m1/s1. The topological polar surface area (TPSA) is 91.9 Å². The maximum atomic E-state index is 13.1. The number of hydrogen-bond acceptors (Lipinski definition) is 6. The summed E-state index contributed by atoms with van der Waals surface area (Å²) in [7, 11) is 1.82. The van der Waals surface area contributed by atoms with E-state index in [1.54, 1.807) is 11.0 Å². The second kappa shape index (κ2) is 8.16. The molecule has 1 saturated heterocycles. The highest BCUT2D eigenvalue weighted by molar-refractivity contribution is 5.98. The molecule has 0 aliphatic carbocycles. The molecule has 1 aromatic carbocycles. The Hall–Kier alpha value is -2.64. The minimum Gasteiger partial charge on any atom is -0.489 e. The van der Waals surface area contributed by atoms with Crippen LogP contribution in [0.4, 0.5) is 16.2 Å². The van der Waals surface area contributed by atoms with E-state index in [2.05, 4.69) is 16.0 Å². The maximum Gasteiger partial charge on any atom is 0.407 e.